The van der Waals surface area contributed by atoms with Crippen LogP contribution in [-0.4, -0.2) is 12.6 Å². The molecule has 1 aromatic carbocycles. The van der Waals surface area contributed by atoms with Gasteiger partial charge in [0.2, 0.25) is 0 Å². The van der Waals surface area contributed by atoms with Gasteiger partial charge in [-0.3, -0.25) is 0 Å². The maximum absolute atomic E-state index is 5.71. The van der Waals surface area contributed by atoms with E-state index in [9.17, 15) is 0 Å². The molecule has 1 unspecified atom stereocenters. The van der Waals surface area contributed by atoms with E-state index in [4.69, 9.17) is 4.74 Å². The van der Waals surface area contributed by atoms with E-state index in [1.807, 2.05) is 6.07 Å². The molecule has 0 saturated heterocycles. The minimum atomic E-state index is 0.256. The van der Waals surface area contributed by atoms with Gasteiger partial charge in [0.1, 0.15) is 11.9 Å². The van der Waals surface area contributed by atoms with Gasteiger partial charge in [-0.2, -0.15) is 0 Å². The molecule has 0 aliphatic carbocycles. The molecule has 0 aromatic heterocycles. The van der Waals surface area contributed by atoms with E-state index in [1.165, 1.54) is 11.1 Å². The molecule has 0 bridgehead atoms. The smallest absolute Gasteiger partial charge is 0.142 e. The van der Waals surface area contributed by atoms with Gasteiger partial charge in [0.15, 0.2) is 0 Å². The first kappa shape index (κ1) is 10.1. The number of nitrogens with one attached hydrogen (secondary N) is 1. The summed E-state index contributed by atoms with van der Waals surface area (Å²) in [5.74, 6) is 0.958. The second kappa shape index (κ2) is 3.97. The van der Waals surface area contributed by atoms with Crippen LogP contribution in [0.4, 0.5) is 5.69 Å². The Hall–Kier alpha value is -1.44. The van der Waals surface area contributed by atoms with Gasteiger partial charge in [-0.1, -0.05) is 17.7 Å². The summed E-state index contributed by atoms with van der Waals surface area (Å²) in [6.45, 7) is 7.15. The molecule has 1 N–H and O–H groups in total. The molecular formula is C13H17NO. The number of fused-ring (bicyclic) bond motifs is 1. The molecule has 0 saturated carbocycles. The van der Waals surface area contributed by atoms with Crippen LogP contribution in [0.25, 0.3) is 6.08 Å². The number of hydrogen-bond acceptors (Lipinski definition) is 2. The van der Waals surface area contributed by atoms with Gasteiger partial charge in [0.05, 0.1) is 12.2 Å². The molecule has 1 atom stereocenters. The van der Waals surface area contributed by atoms with Crippen molar-refractivity contribution in [3.63, 3.8) is 0 Å². The highest BCUT2D eigenvalue weighted by Crippen LogP contribution is 2.30. The zero-order valence-electron chi connectivity index (χ0n) is 9.50. The molecule has 1 aliphatic heterocycles. The molecule has 0 amide bonds. The largest absolute Gasteiger partial charge is 0.487 e. The highest BCUT2D eigenvalue weighted by atomic mass is 16.5. The molecule has 0 fully saturated rings. The Balaban J connectivity index is 2.31. The van der Waals surface area contributed by atoms with Crippen LogP contribution in [0.3, 0.4) is 0 Å². The molecule has 0 radical (unpaired) electrons. The fourth-order valence-electron chi connectivity index (χ4n) is 1.72. The Morgan fingerprint density at radius 3 is 3.00 bits per heavy atom. The summed E-state index contributed by atoms with van der Waals surface area (Å²) in [5.41, 5.74) is 3.63. The molecule has 0 spiro atoms. The summed E-state index contributed by atoms with van der Waals surface area (Å²) in [5, 5.41) is 3.37. The number of hydrogen-bond donors (Lipinski definition) is 1. The second-order valence-corrected chi connectivity index (χ2v) is 4.29. The Morgan fingerprint density at radius 1 is 1.47 bits per heavy atom. The highest BCUT2D eigenvalue weighted by molar-refractivity contribution is 5.65. The van der Waals surface area contributed by atoms with Crippen LogP contribution in [0.15, 0.2) is 23.8 Å². The van der Waals surface area contributed by atoms with Crippen LogP contribution in [0, 0.1) is 0 Å². The van der Waals surface area contributed by atoms with E-state index >= 15 is 0 Å². The summed E-state index contributed by atoms with van der Waals surface area (Å²) in [4.78, 5) is 0. The van der Waals surface area contributed by atoms with Crippen molar-refractivity contribution in [1.29, 1.82) is 0 Å². The van der Waals surface area contributed by atoms with Gasteiger partial charge in [-0.05, 0) is 38.5 Å². The lowest BCUT2D eigenvalue weighted by Gasteiger charge is -2.25. The lowest BCUT2D eigenvalue weighted by molar-refractivity contribution is 0.226. The summed E-state index contributed by atoms with van der Waals surface area (Å²) in [6.07, 6.45) is 2.42. The Bertz CT molecular complexity index is 392. The molecule has 1 aromatic rings. The summed E-state index contributed by atoms with van der Waals surface area (Å²) < 4.78 is 5.71. The normalized spacial score (nSPS) is 18.5. The summed E-state index contributed by atoms with van der Waals surface area (Å²) >= 11 is 0. The Morgan fingerprint density at radius 2 is 2.27 bits per heavy atom. The maximum atomic E-state index is 5.71. The van der Waals surface area contributed by atoms with Crippen LogP contribution in [-0.2, 0) is 0 Å². The van der Waals surface area contributed by atoms with Crippen molar-refractivity contribution in [2.24, 2.45) is 0 Å². The Kier molecular flexibility index (Phi) is 2.67. The minimum absolute atomic E-state index is 0.256. The van der Waals surface area contributed by atoms with Crippen molar-refractivity contribution in [3.8, 4) is 5.75 Å². The zero-order chi connectivity index (χ0) is 10.8. The van der Waals surface area contributed by atoms with Gasteiger partial charge in [0, 0.05) is 0 Å². The van der Waals surface area contributed by atoms with E-state index < -0.39 is 0 Å². The zero-order valence-corrected chi connectivity index (χ0v) is 9.50. The van der Waals surface area contributed by atoms with Crippen molar-refractivity contribution in [2.75, 3.05) is 11.9 Å². The summed E-state index contributed by atoms with van der Waals surface area (Å²) in [7, 11) is 0. The number of allylic oxidation sites excluding steroid dienone is 1. The third-order valence-corrected chi connectivity index (χ3v) is 2.37. The van der Waals surface area contributed by atoms with Crippen molar-refractivity contribution in [3.05, 3.63) is 29.3 Å². The molecule has 80 valence electrons. The average molecular weight is 203 g/mol. The van der Waals surface area contributed by atoms with Crippen molar-refractivity contribution in [1.82, 2.24) is 0 Å². The maximum Gasteiger partial charge on any atom is 0.142 e. The lowest BCUT2D eigenvalue weighted by atomic mass is 10.1. The fourth-order valence-corrected chi connectivity index (χ4v) is 1.72. The van der Waals surface area contributed by atoms with E-state index in [0.717, 1.165) is 18.0 Å². The molecule has 2 heteroatoms. The monoisotopic (exact) mass is 203 g/mol. The number of ether oxygens (including phenoxy) is 1. The first-order valence-corrected chi connectivity index (χ1v) is 5.34. The first-order chi connectivity index (χ1) is 7.15. The lowest BCUT2D eigenvalue weighted by Crippen LogP contribution is -2.27. The van der Waals surface area contributed by atoms with Crippen LogP contribution in [0.2, 0.25) is 0 Å². The van der Waals surface area contributed by atoms with E-state index in [0.29, 0.717) is 0 Å². The predicted octanol–water partition coefficient (Wildman–Crippen LogP) is 3.30. The number of anilines is 1. The quantitative estimate of drug-likeness (QED) is 0.756. The van der Waals surface area contributed by atoms with E-state index in [1.54, 1.807) is 0 Å². The topological polar surface area (TPSA) is 21.3 Å². The van der Waals surface area contributed by atoms with E-state index in [2.05, 4.69) is 44.3 Å². The first-order valence-electron chi connectivity index (χ1n) is 5.34. The SMILES string of the molecule is CC(C)=Cc1ccc2c(c1)NCC(C)O2. The highest BCUT2D eigenvalue weighted by Gasteiger charge is 2.14. The molecule has 15 heavy (non-hydrogen) atoms. The van der Waals surface area contributed by atoms with Crippen LogP contribution < -0.4 is 10.1 Å². The number of benzene rings is 1. The minimum Gasteiger partial charge on any atom is -0.487 e. The van der Waals surface area contributed by atoms with Gasteiger partial charge >= 0.3 is 0 Å². The van der Waals surface area contributed by atoms with Gasteiger partial charge in [0.25, 0.3) is 0 Å². The molecule has 1 aliphatic rings. The third kappa shape index (κ3) is 2.32. The molecule has 2 rings (SSSR count). The van der Waals surface area contributed by atoms with Crippen LogP contribution in [0.1, 0.15) is 26.3 Å². The Labute approximate surface area is 91.0 Å². The van der Waals surface area contributed by atoms with Gasteiger partial charge < -0.3 is 10.1 Å². The molecule has 1 heterocycles. The predicted molar refractivity (Wildman–Crippen MR) is 64.3 cm³/mol. The molecular weight excluding hydrogens is 186 g/mol. The standard InChI is InChI=1S/C13H17NO/c1-9(2)6-11-4-5-13-12(7-11)14-8-10(3)15-13/h4-7,10,14H,8H2,1-3H3. The second-order valence-electron chi connectivity index (χ2n) is 4.29. The van der Waals surface area contributed by atoms with Crippen molar-refractivity contribution >= 4 is 11.8 Å². The van der Waals surface area contributed by atoms with Crippen molar-refractivity contribution in [2.45, 2.75) is 26.9 Å². The number of rotatable bonds is 1. The van der Waals surface area contributed by atoms with Gasteiger partial charge in [-0.15, -0.1) is 0 Å². The molecule has 2 nitrogen and oxygen atoms in total. The van der Waals surface area contributed by atoms with Gasteiger partial charge in [-0.25, -0.2) is 0 Å². The van der Waals surface area contributed by atoms with Crippen LogP contribution >= 0.6 is 0 Å². The third-order valence-electron chi connectivity index (χ3n) is 2.37. The van der Waals surface area contributed by atoms with Crippen molar-refractivity contribution < 1.29 is 4.74 Å². The fraction of sp³-hybridized carbons (Fsp3) is 0.385. The summed E-state index contributed by atoms with van der Waals surface area (Å²) in [6, 6.07) is 6.26. The average Bonchev–Trinajstić information content (AvgIpc) is 2.17. The van der Waals surface area contributed by atoms with Crippen LogP contribution in [0.5, 0.6) is 5.75 Å². The van der Waals surface area contributed by atoms with E-state index in [-0.39, 0.29) is 6.10 Å².